The lowest BCUT2D eigenvalue weighted by Crippen LogP contribution is -2.37. The fourth-order valence-electron chi connectivity index (χ4n) is 5.19. The highest BCUT2D eigenvalue weighted by Crippen LogP contribution is 2.31. The number of carbonyl (C=O) groups excluding carboxylic acids is 1. The normalized spacial score (nSPS) is 16.4. The maximum atomic E-state index is 12.8. The molecule has 1 aliphatic heterocycles. The molecule has 2 fully saturated rings. The zero-order valence-electron chi connectivity index (χ0n) is 20.6. The van der Waals surface area contributed by atoms with Gasteiger partial charge in [0.25, 0.3) is 0 Å². The SMILES string of the molecule is Nc1ncc(-c2nc(N3CCOCC3)c3ncc(-c4cccc(CC(=O)C5CCCC5)c4)cc3n2)cn1. The number of ether oxygens (including phenoxy) is 1. The Labute approximate surface area is 215 Å². The third-order valence-corrected chi connectivity index (χ3v) is 7.21. The smallest absolute Gasteiger partial charge is 0.219 e. The topological polar surface area (TPSA) is 120 Å². The number of fused-ring (bicyclic) bond motifs is 1. The van der Waals surface area contributed by atoms with Crippen molar-refractivity contribution in [2.75, 3.05) is 36.9 Å². The van der Waals surface area contributed by atoms with Crippen LogP contribution in [0.4, 0.5) is 11.8 Å². The number of anilines is 2. The third-order valence-electron chi connectivity index (χ3n) is 7.21. The molecule has 1 saturated carbocycles. The highest BCUT2D eigenvalue weighted by molar-refractivity contribution is 5.90. The van der Waals surface area contributed by atoms with Gasteiger partial charge in [0.1, 0.15) is 11.3 Å². The number of benzene rings is 1. The summed E-state index contributed by atoms with van der Waals surface area (Å²) in [6, 6.07) is 10.2. The summed E-state index contributed by atoms with van der Waals surface area (Å²) in [7, 11) is 0. The van der Waals surface area contributed by atoms with Gasteiger partial charge in [-0.05, 0) is 30.0 Å². The first-order valence-electron chi connectivity index (χ1n) is 12.8. The van der Waals surface area contributed by atoms with Gasteiger partial charge in [0.05, 0.1) is 24.3 Å². The van der Waals surface area contributed by atoms with Crippen LogP contribution in [0.25, 0.3) is 33.5 Å². The molecule has 1 aromatic carbocycles. The maximum Gasteiger partial charge on any atom is 0.219 e. The van der Waals surface area contributed by atoms with E-state index in [2.05, 4.69) is 20.9 Å². The Kier molecular flexibility index (Phi) is 6.44. The minimum atomic E-state index is 0.202. The summed E-state index contributed by atoms with van der Waals surface area (Å²) < 4.78 is 5.55. The molecular weight excluding hydrogens is 466 g/mol. The van der Waals surface area contributed by atoms with Gasteiger partial charge in [-0.3, -0.25) is 9.78 Å². The van der Waals surface area contributed by atoms with Gasteiger partial charge in [0.2, 0.25) is 5.95 Å². The van der Waals surface area contributed by atoms with Gasteiger partial charge in [-0.2, -0.15) is 0 Å². The zero-order chi connectivity index (χ0) is 25.2. The molecule has 3 aromatic heterocycles. The van der Waals surface area contributed by atoms with Crippen LogP contribution in [0.15, 0.2) is 48.9 Å². The number of ketones is 1. The Morgan fingerprint density at radius 3 is 2.49 bits per heavy atom. The van der Waals surface area contributed by atoms with Crippen LogP contribution in [-0.4, -0.2) is 57.0 Å². The predicted molar refractivity (Wildman–Crippen MR) is 142 cm³/mol. The molecule has 9 nitrogen and oxygen atoms in total. The highest BCUT2D eigenvalue weighted by Gasteiger charge is 2.23. The van der Waals surface area contributed by atoms with Crippen LogP contribution in [0.1, 0.15) is 31.2 Å². The van der Waals surface area contributed by atoms with Crippen molar-refractivity contribution in [1.82, 2.24) is 24.9 Å². The summed E-state index contributed by atoms with van der Waals surface area (Å²) in [4.78, 5) is 37.7. The van der Waals surface area contributed by atoms with Crippen molar-refractivity contribution < 1.29 is 9.53 Å². The zero-order valence-corrected chi connectivity index (χ0v) is 20.6. The van der Waals surface area contributed by atoms with Crippen LogP contribution in [-0.2, 0) is 16.0 Å². The maximum absolute atomic E-state index is 12.8. The van der Waals surface area contributed by atoms with Crippen molar-refractivity contribution in [3.8, 4) is 22.5 Å². The third kappa shape index (κ3) is 4.99. The molecule has 1 saturated heterocycles. The van der Waals surface area contributed by atoms with Crippen molar-refractivity contribution in [3.63, 3.8) is 0 Å². The molecule has 0 bridgehead atoms. The summed E-state index contributed by atoms with van der Waals surface area (Å²) in [5.74, 6) is 2.06. The number of hydrogen-bond acceptors (Lipinski definition) is 9. The van der Waals surface area contributed by atoms with E-state index < -0.39 is 0 Å². The highest BCUT2D eigenvalue weighted by atomic mass is 16.5. The Hall–Kier alpha value is -3.98. The van der Waals surface area contributed by atoms with Gasteiger partial charge >= 0.3 is 0 Å². The van der Waals surface area contributed by atoms with Gasteiger partial charge in [0, 0.05) is 49.6 Å². The number of Topliss-reactive ketones (excluding diaryl/α,β-unsaturated/α-hetero) is 1. The average Bonchev–Trinajstić information content (AvgIpc) is 3.49. The molecule has 2 aliphatic rings. The van der Waals surface area contributed by atoms with Crippen LogP contribution in [0.5, 0.6) is 0 Å². The Bertz CT molecular complexity index is 1430. The molecular formula is C28H29N7O2. The second kappa shape index (κ2) is 10.2. The van der Waals surface area contributed by atoms with Crippen LogP contribution in [0.2, 0.25) is 0 Å². The quantitative estimate of drug-likeness (QED) is 0.425. The monoisotopic (exact) mass is 495 g/mol. The Morgan fingerprint density at radius 1 is 0.946 bits per heavy atom. The van der Waals surface area contributed by atoms with E-state index >= 15 is 0 Å². The van der Waals surface area contributed by atoms with Crippen molar-refractivity contribution in [3.05, 3.63) is 54.5 Å². The Balaban J connectivity index is 1.38. The molecule has 0 atom stereocenters. The molecule has 37 heavy (non-hydrogen) atoms. The lowest BCUT2D eigenvalue weighted by Gasteiger charge is -2.28. The van der Waals surface area contributed by atoms with Crippen molar-refractivity contribution in [2.45, 2.75) is 32.1 Å². The largest absolute Gasteiger partial charge is 0.378 e. The van der Waals surface area contributed by atoms with Crippen molar-refractivity contribution in [2.24, 2.45) is 5.92 Å². The molecule has 9 heteroatoms. The summed E-state index contributed by atoms with van der Waals surface area (Å²) in [5, 5.41) is 0. The average molecular weight is 496 g/mol. The van der Waals surface area contributed by atoms with E-state index in [1.54, 1.807) is 12.4 Å². The standard InChI is InChI=1S/C28H29N7O2/c29-28-31-16-22(17-32-28)26-33-23-14-21(15-30-25(23)27(34-26)35-8-10-37-11-9-35)20-7-3-4-18(12-20)13-24(36)19-5-1-2-6-19/h3-4,7,12,14-17,19H,1-2,5-6,8-11,13H2,(H2,29,31,32). The summed E-state index contributed by atoms with van der Waals surface area (Å²) in [5.41, 5.74) is 10.8. The number of hydrogen-bond donors (Lipinski definition) is 1. The fraction of sp³-hybridized carbons (Fsp3) is 0.357. The van der Waals surface area contributed by atoms with E-state index in [0.717, 1.165) is 72.3 Å². The summed E-state index contributed by atoms with van der Waals surface area (Å²) in [6.07, 6.45) is 9.99. The van der Waals surface area contributed by atoms with Gasteiger partial charge < -0.3 is 15.4 Å². The molecule has 0 spiro atoms. The second-order valence-electron chi connectivity index (χ2n) is 9.72. The van der Waals surface area contributed by atoms with Gasteiger partial charge in [-0.15, -0.1) is 0 Å². The molecule has 0 unspecified atom stereocenters. The van der Waals surface area contributed by atoms with Crippen molar-refractivity contribution in [1.29, 1.82) is 0 Å². The molecule has 0 radical (unpaired) electrons. The fourth-order valence-corrected chi connectivity index (χ4v) is 5.19. The lowest BCUT2D eigenvalue weighted by atomic mass is 9.95. The number of rotatable bonds is 6. The number of carbonyl (C=O) groups is 1. The van der Waals surface area contributed by atoms with E-state index in [4.69, 9.17) is 25.4 Å². The summed E-state index contributed by atoms with van der Waals surface area (Å²) >= 11 is 0. The molecule has 188 valence electrons. The molecule has 4 aromatic rings. The van der Waals surface area contributed by atoms with E-state index in [1.807, 2.05) is 30.5 Å². The van der Waals surface area contributed by atoms with Gasteiger partial charge in [-0.25, -0.2) is 19.9 Å². The minimum Gasteiger partial charge on any atom is -0.378 e. The molecule has 6 rings (SSSR count). The van der Waals surface area contributed by atoms with Crippen LogP contribution in [0.3, 0.4) is 0 Å². The number of nitrogens with two attached hydrogens (primary N) is 1. The van der Waals surface area contributed by atoms with Crippen LogP contribution >= 0.6 is 0 Å². The minimum absolute atomic E-state index is 0.202. The first-order chi connectivity index (χ1) is 18.1. The van der Waals surface area contributed by atoms with E-state index in [0.29, 0.717) is 36.8 Å². The number of pyridine rings is 1. The summed E-state index contributed by atoms with van der Waals surface area (Å²) in [6.45, 7) is 2.72. The lowest BCUT2D eigenvalue weighted by molar-refractivity contribution is -0.122. The van der Waals surface area contributed by atoms with Gasteiger partial charge in [-0.1, -0.05) is 37.1 Å². The first kappa shape index (κ1) is 23.4. The van der Waals surface area contributed by atoms with Crippen LogP contribution in [0, 0.1) is 5.92 Å². The molecule has 1 aliphatic carbocycles. The first-order valence-corrected chi connectivity index (χ1v) is 12.8. The van der Waals surface area contributed by atoms with E-state index in [9.17, 15) is 4.79 Å². The van der Waals surface area contributed by atoms with E-state index in [1.165, 1.54) is 0 Å². The number of nitrogens with zero attached hydrogens (tertiary/aromatic N) is 6. The number of aromatic nitrogens is 5. The molecule has 4 heterocycles. The number of nitrogen functional groups attached to an aromatic ring is 1. The molecule has 2 N–H and O–H groups in total. The Morgan fingerprint density at radius 2 is 1.70 bits per heavy atom. The number of morpholine rings is 1. The van der Waals surface area contributed by atoms with E-state index in [-0.39, 0.29) is 11.9 Å². The van der Waals surface area contributed by atoms with Crippen LogP contribution < -0.4 is 10.6 Å². The molecule has 0 amide bonds. The predicted octanol–water partition coefficient (Wildman–Crippen LogP) is 3.87. The van der Waals surface area contributed by atoms with Crippen molar-refractivity contribution >= 4 is 28.6 Å². The second-order valence-corrected chi connectivity index (χ2v) is 9.72. The van der Waals surface area contributed by atoms with Gasteiger partial charge in [0.15, 0.2) is 11.6 Å².